The van der Waals surface area contributed by atoms with Gasteiger partial charge < -0.3 is 0 Å². The Balaban J connectivity index is 1.65. The molecule has 0 aliphatic rings. The molecule has 4 nitrogen and oxygen atoms in total. The SMILES string of the molecule is c1ccc2c(-c3ccc(-c4cncc5ccccc45)c4nsnc34)cncc2c1. The first kappa shape index (κ1) is 16.3. The van der Waals surface area contributed by atoms with Crippen LogP contribution in [0.25, 0.3) is 54.8 Å². The molecule has 0 unspecified atom stereocenters. The van der Waals surface area contributed by atoms with E-state index in [2.05, 4.69) is 67.2 Å². The fourth-order valence-electron chi connectivity index (χ4n) is 3.96. The lowest BCUT2D eigenvalue weighted by atomic mass is 9.95. The highest BCUT2D eigenvalue weighted by Crippen LogP contribution is 2.38. The third-order valence-corrected chi connectivity index (χ3v) is 5.86. The molecular formula is C24H14N4S. The molecule has 0 aliphatic carbocycles. The van der Waals surface area contributed by atoms with E-state index in [9.17, 15) is 0 Å². The van der Waals surface area contributed by atoms with Crippen LogP contribution in [0.4, 0.5) is 0 Å². The molecule has 0 fully saturated rings. The number of pyridine rings is 2. The summed E-state index contributed by atoms with van der Waals surface area (Å²) in [7, 11) is 0. The highest BCUT2D eigenvalue weighted by molar-refractivity contribution is 7.00. The van der Waals surface area contributed by atoms with E-state index in [1.54, 1.807) is 0 Å². The second kappa shape index (κ2) is 6.43. The van der Waals surface area contributed by atoms with E-state index >= 15 is 0 Å². The molecule has 3 aromatic heterocycles. The summed E-state index contributed by atoms with van der Waals surface area (Å²) in [6, 6.07) is 20.8. The zero-order valence-electron chi connectivity index (χ0n) is 15.3. The number of benzene rings is 3. The van der Waals surface area contributed by atoms with Crippen molar-refractivity contribution < 1.29 is 0 Å². The van der Waals surface area contributed by atoms with Crippen LogP contribution in [0.5, 0.6) is 0 Å². The quantitative estimate of drug-likeness (QED) is 0.357. The van der Waals surface area contributed by atoms with Crippen LogP contribution in [0.2, 0.25) is 0 Å². The van der Waals surface area contributed by atoms with Crippen molar-refractivity contribution in [3.05, 3.63) is 85.5 Å². The lowest BCUT2D eigenvalue weighted by molar-refractivity contribution is 1.36. The van der Waals surface area contributed by atoms with Crippen LogP contribution in [0.1, 0.15) is 0 Å². The molecule has 136 valence electrons. The minimum Gasteiger partial charge on any atom is -0.263 e. The van der Waals surface area contributed by atoms with E-state index in [-0.39, 0.29) is 0 Å². The zero-order chi connectivity index (χ0) is 19.2. The van der Waals surface area contributed by atoms with Gasteiger partial charge in [-0.2, -0.15) is 8.75 Å². The van der Waals surface area contributed by atoms with Crippen LogP contribution in [0, 0.1) is 0 Å². The number of aromatic nitrogens is 4. The molecular weight excluding hydrogens is 376 g/mol. The molecule has 0 saturated heterocycles. The maximum atomic E-state index is 4.65. The van der Waals surface area contributed by atoms with E-state index in [1.807, 2.05) is 36.9 Å². The molecule has 0 aliphatic heterocycles. The summed E-state index contributed by atoms with van der Waals surface area (Å²) < 4.78 is 9.30. The summed E-state index contributed by atoms with van der Waals surface area (Å²) in [5.41, 5.74) is 6.05. The largest absolute Gasteiger partial charge is 0.263 e. The Labute approximate surface area is 170 Å². The monoisotopic (exact) mass is 390 g/mol. The Bertz CT molecular complexity index is 1400. The van der Waals surface area contributed by atoms with E-state index < -0.39 is 0 Å². The van der Waals surface area contributed by atoms with Gasteiger partial charge in [-0.15, -0.1) is 0 Å². The van der Waals surface area contributed by atoms with Gasteiger partial charge in [-0.1, -0.05) is 60.7 Å². The molecule has 0 amide bonds. The Morgan fingerprint density at radius 2 is 0.966 bits per heavy atom. The average Bonchev–Trinajstić information content (AvgIpc) is 3.28. The van der Waals surface area contributed by atoms with Crippen LogP contribution >= 0.6 is 11.7 Å². The maximum Gasteiger partial charge on any atom is 0.113 e. The van der Waals surface area contributed by atoms with Crippen molar-refractivity contribution in [2.45, 2.75) is 0 Å². The van der Waals surface area contributed by atoms with Crippen LogP contribution in [-0.4, -0.2) is 18.7 Å². The van der Waals surface area contributed by atoms with Crippen LogP contribution in [0.15, 0.2) is 85.5 Å². The van der Waals surface area contributed by atoms with Gasteiger partial charge in [0.1, 0.15) is 11.0 Å². The minimum atomic E-state index is 0.901. The lowest BCUT2D eigenvalue weighted by Crippen LogP contribution is -1.89. The molecule has 3 heterocycles. The molecule has 0 atom stereocenters. The standard InChI is InChI=1S/C24H14N4S/c1-3-7-17-15(5-1)11-25-13-21(17)19-9-10-20(24-23(19)27-29-28-24)22-14-26-12-16-6-2-4-8-18(16)22/h1-14H. The first-order chi connectivity index (χ1) is 14.4. The normalized spacial score (nSPS) is 11.4. The predicted octanol–water partition coefficient (Wildman–Crippen LogP) is 6.12. The van der Waals surface area contributed by atoms with Gasteiger partial charge in [-0.3, -0.25) is 9.97 Å². The van der Waals surface area contributed by atoms with Gasteiger partial charge in [0.25, 0.3) is 0 Å². The summed E-state index contributed by atoms with van der Waals surface area (Å²) in [6.45, 7) is 0. The van der Waals surface area contributed by atoms with Crippen molar-refractivity contribution >= 4 is 44.3 Å². The predicted molar refractivity (Wildman–Crippen MR) is 119 cm³/mol. The molecule has 0 saturated carbocycles. The van der Waals surface area contributed by atoms with Crippen molar-refractivity contribution in [3.8, 4) is 22.3 Å². The van der Waals surface area contributed by atoms with Gasteiger partial charge >= 0.3 is 0 Å². The van der Waals surface area contributed by atoms with E-state index in [1.165, 1.54) is 11.7 Å². The van der Waals surface area contributed by atoms with E-state index in [0.29, 0.717) is 0 Å². The summed E-state index contributed by atoms with van der Waals surface area (Å²) in [4.78, 5) is 8.89. The molecule has 3 aromatic carbocycles. The lowest BCUT2D eigenvalue weighted by Gasteiger charge is -2.10. The summed E-state index contributed by atoms with van der Waals surface area (Å²) in [5, 5.41) is 4.56. The molecule has 0 spiro atoms. The molecule has 29 heavy (non-hydrogen) atoms. The minimum absolute atomic E-state index is 0.901. The summed E-state index contributed by atoms with van der Waals surface area (Å²) in [6.07, 6.45) is 7.61. The van der Waals surface area contributed by atoms with E-state index in [0.717, 1.165) is 54.8 Å². The van der Waals surface area contributed by atoms with Crippen molar-refractivity contribution in [1.82, 2.24) is 18.7 Å². The highest BCUT2D eigenvalue weighted by Gasteiger charge is 2.16. The van der Waals surface area contributed by atoms with Crippen LogP contribution < -0.4 is 0 Å². The maximum absolute atomic E-state index is 4.65. The third-order valence-electron chi connectivity index (χ3n) is 5.33. The van der Waals surface area contributed by atoms with Gasteiger partial charge in [0.05, 0.1) is 11.7 Å². The smallest absolute Gasteiger partial charge is 0.113 e. The zero-order valence-corrected chi connectivity index (χ0v) is 16.1. The Morgan fingerprint density at radius 3 is 1.48 bits per heavy atom. The molecule has 6 rings (SSSR count). The molecule has 0 radical (unpaired) electrons. The van der Waals surface area contributed by atoms with Crippen molar-refractivity contribution in [1.29, 1.82) is 0 Å². The topological polar surface area (TPSA) is 51.6 Å². The second-order valence-electron chi connectivity index (χ2n) is 6.94. The van der Waals surface area contributed by atoms with Gasteiger partial charge in [0.15, 0.2) is 0 Å². The number of rotatable bonds is 2. The van der Waals surface area contributed by atoms with Gasteiger partial charge in [-0.25, -0.2) is 0 Å². The summed E-state index contributed by atoms with van der Waals surface area (Å²) >= 11 is 1.24. The van der Waals surface area contributed by atoms with Gasteiger partial charge in [-0.05, 0) is 10.8 Å². The van der Waals surface area contributed by atoms with E-state index in [4.69, 9.17) is 0 Å². The van der Waals surface area contributed by atoms with Gasteiger partial charge in [0, 0.05) is 57.8 Å². The number of fused-ring (bicyclic) bond motifs is 3. The Hall–Kier alpha value is -3.70. The summed E-state index contributed by atoms with van der Waals surface area (Å²) in [5.74, 6) is 0. The highest BCUT2D eigenvalue weighted by atomic mass is 32.1. The number of hydrogen-bond donors (Lipinski definition) is 0. The number of nitrogens with zero attached hydrogens (tertiary/aromatic N) is 4. The number of hydrogen-bond acceptors (Lipinski definition) is 5. The Morgan fingerprint density at radius 1 is 0.483 bits per heavy atom. The van der Waals surface area contributed by atoms with Crippen LogP contribution in [-0.2, 0) is 0 Å². The van der Waals surface area contributed by atoms with Crippen LogP contribution in [0.3, 0.4) is 0 Å². The molecule has 0 bridgehead atoms. The van der Waals surface area contributed by atoms with Gasteiger partial charge in [0.2, 0.25) is 0 Å². The first-order valence-corrected chi connectivity index (χ1v) is 10.0. The first-order valence-electron chi connectivity index (χ1n) is 9.32. The third kappa shape index (κ3) is 2.52. The molecule has 6 aromatic rings. The second-order valence-corrected chi connectivity index (χ2v) is 7.47. The Kier molecular flexibility index (Phi) is 3.61. The van der Waals surface area contributed by atoms with Crippen molar-refractivity contribution in [3.63, 3.8) is 0 Å². The van der Waals surface area contributed by atoms with Crippen molar-refractivity contribution in [2.24, 2.45) is 0 Å². The molecule has 0 N–H and O–H groups in total. The fraction of sp³-hybridized carbons (Fsp3) is 0. The average molecular weight is 390 g/mol. The fourth-order valence-corrected chi connectivity index (χ4v) is 4.54. The van der Waals surface area contributed by atoms with Crippen molar-refractivity contribution in [2.75, 3.05) is 0 Å². The molecule has 5 heteroatoms.